The molecule has 1 fully saturated rings. The van der Waals surface area contributed by atoms with E-state index in [9.17, 15) is 28.8 Å². The summed E-state index contributed by atoms with van der Waals surface area (Å²) >= 11 is 0. The molecule has 0 aliphatic carbocycles. The Hall–Kier alpha value is -2.98. The first-order valence-corrected chi connectivity index (χ1v) is 4.26. The second-order valence-electron chi connectivity index (χ2n) is 2.96. The lowest BCUT2D eigenvalue weighted by atomic mass is 10.1. The molecule has 0 bridgehead atoms. The highest BCUT2D eigenvalue weighted by atomic mass is 16.6. The summed E-state index contributed by atoms with van der Waals surface area (Å²) in [6, 6.07) is 0. The number of hydrogen-bond donors (Lipinski definition) is 4. The van der Waals surface area contributed by atoms with E-state index < -0.39 is 47.7 Å². The van der Waals surface area contributed by atoms with Crippen LogP contribution < -0.4 is 0 Å². The van der Waals surface area contributed by atoms with E-state index >= 15 is 0 Å². The van der Waals surface area contributed by atoms with Gasteiger partial charge in [0.05, 0.1) is 0 Å². The summed E-state index contributed by atoms with van der Waals surface area (Å²) in [5.74, 6) is -13.0. The Morgan fingerprint density at radius 2 is 1.15 bits per heavy atom. The van der Waals surface area contributed by atoms with Crippen molar-refractivity contribution in [2.75, 3.05) is 0 Å². The summed E-state index contributed by atoms with van der Waals surface area (Å²) in [6.07, 6.45) is 0. The minimum atomic E-state index is -2.36. The number of hydrogen-bond acceptors (Lipinski definition) is 7. The lowest BCUT2D eigenvalue weighted by Crippen LogP contribution is -2.45. The molecule has 1 aliphatic heterocycles. The first kappa shape index (κ1) is 19.4. The Bertz CT molecular complexity index is 404. The Morgan fingerprint density at radius 1 is 0.850 bits per heavy atom. The van der Waals surface area contributed by atoms with Gasteiger partial charge in [-0.25, -0.2) is 9.59 Å². The second kappa shape index (κ2) is 7.45. The zero-order valence-electron chi connectivity index (χ0n) is 8.80. The van der Waals surface area contributed by atoms with E-state index in [2.05, 4.69) is 4.74 Å². The fourth-order valence-electron chi connectivity index (χ4n) is 0.774. The Balaban J connectivity index is 0. The molecule has 112 valence electrons. The molecule has 1 heterocycles. The lowest BCUT2D eigenvalue weighted by molar-refractivity contribution is -0.188. The number of esters is 2. The molecule has 11 heteroatoms. The summed E-state index contributed by atoms with van der Waals surface area (Å²) < 4.78 is 3.75. The third-order valence-corrected chi connectivity index (χ3v) is 1.66. The lowest BCUT2D eigenvalue weighted by Gasteiger charge is -2.16. The molecular weight excluding hydrogens is 284 g/mol. The van der Waals surface area contributed by atoms with Crippen LogP contribution in [0.1, 0.15) is 7.43 Å². The van der Waals surface area contributed by atoms with Crippen molar-refractivity contribution < 1.29 is 53.9 Å². The molecule has 11 nitrogen and oxygen atoms in total. The molecular formula is C9H10O11. The minimum absolute atomic E-state index is 0. The van der Waals surface area contributed by atoms with Crippen LogP contribution in [-0.4, -0.2) is 56.2 Å². The third kappa shape index (κ3) is 4.72. The van der Waals surface area contributed by atoms with Gasteiger partial charge in [-0.05, 0) is 0 Å². The van der Waals surface area contributed by atoms with Crippen LogP contribution in [0.2, 0.25) is 0 Å². The van der Waals surface area contributed by atoms with E-state index in [1.165, 1.54) is 0 Å². The fraction of sp³-hybridized carbons (Fsp3) is 0.333. The third-order valence-electron chi connectivity index (χ3n) is 1.66. The Kier molecular flexibility index (Phi) is 7.22. The molecule has 0 amide bonds. The molecule has 0 saturated carbocycles. The van der Waals surface area contributed by atoms with Crippen LogP contribution in [0.25, 0.3) is 0 Å². The van der Waals surface area contributed by atoms with E-state index in [1.54, 1.807) is 0 Å². The van der Waals surface area contributed by atoms with Gasteiger partial charge >= 0.3 is 35.8 Å². The van der Waals surface area contributed by atoms with Gasteiger partial charge in [0, 0.05) is 0 Å². The molecule has 1 aliphatic rings. The first-order valence-electron chi connectivity index (χ1n) is 4.26. The number of carboxylic acid groups (broad SMARTS) is 4. The van der Waals surface area contributed by atoms with Crippen LogP contribution in [0, 0.1) is 11.8 Å². The van der Waals surface area contributed by atoms with Crippen molar-refractivity contribution in [3.8, 4) is 0 Å². The zero-order chi connectivity index (χ0) is 15.3. The second-order valence-corrected chi connectivity index (χ2v) is 2.96. The standard InChI is InChI=1S/C4H4O6.C4H2O5.CH4/c5-2(6)1(3(7)8)4(9)10;5-2(6)1-3(7)9-4(1)8;/h1H,(H,5,6)(H,7,8)(H,9,10);1H,(H,5,6);1H4. The van der Waals surface area contributed by atoms with Crippen LogP contribution in [-0.2, 0) is 33.5 Å². The predicted octanol–water partition coefficient (Wildman–Crippen LogP) is -1.74. The predicted molar refractivity (Wildman–Crippen MR) is 55.4 cm³/mol. The van der Waals surface area contributed by atoms with Gasteiger partial charge < -0.3 is 25.2 Å². The van der Waals surface area contributed by atoms with Gasteiger partial charge in [0.1, 0.15) is 0 Å². The van der Waals surface area contributed by atoms with Crippen molar-refractivity contribution in [3.05, 3.63) is 0 Å². The highest BCUT2D eigenvalue weighted by Crippen LogP contribution is 2.13. The van der Waals surface area contributed by atoms with E-state index in [0.717, 1.165) is 0 Å². The molecule has 0 atom stereocenters. The number of carboxylic acids is 4. The van der Waals surface area contributed by atoms with Gasteiger partial charge in [-0.1, -0.05) is 7.43 Å². The van der Waals surface area contributed by atoms with Crippen molar-refractivity contribution in [2.24, 2.45) is 11.8 Å². The average Bonchev–Trinajstić information content (AvgIpc) is 2.13. The Labute approximate surface area is 110 Å². The summed E-state index contributed by atoms with van der Waals surface area (Å²) in [6.45, 7) is 0. The molecule has 0 aromatic carbocycles. The summed E-state index contributed by atoms with van der Waals surface area (Å²) in [7, 11) is 0. The van der Waals surface area contributed by atoms with Gasteiger partial charge in [0.15, 0.2) is 0 Å². The van der Waals surface area contributed by atoms with Gasteiger partial charge in [0.25, 0.3) is 5.92 Å². The number of carbonyl (C=O) groups excluding carboxylic acids is 2. The zero-order valence-corrected chi connectivity index (χ0v) is 8.80. The SMILES string of the molecule is C.O=C(O)C(C(=O)O)C(=O)O.O=C(O)C1C(=O)OC1=O. The number of rotatable bonds is 4. The van der Waals surface area contributed by atoms with Gasteiger partial charge in [0.2, 0.25) is 5.92 Å². The Morgan fingerprint density at radius 3 is 1.20 bits per heavy atom. The highest BCUT2D eigenvalue weighted by Gasteiger charge is 2.47. The monoisotopic (exact) mass is 294 g/mol. The van der Waals surface area contributed by atoms with E-state index in [1.807, 2.05) is 0 Å². The molecule has 4 N–H and O–H groups in total. The maximum Gasteiger partial charge on any atom is 0.339 e. The highest BCUT2D eigenvalue weighted by molar-refractivity contribution is 6.22. The van der Waals surface area contributed by atoms with Crippen LogP contribution >= 0.6 is 0 Å². The molecule has 0 aromatic rings. The largest absolute Gasteiger partial charge is 0.480 e. The smallest absolute Gasteiger partial charge is 0.339 e. The molecule has 20 heavy (non-hydrogen) atoms. The quantitative estimate of drug-likeness (QED) is 0.339. The van der Waals surface area contributed by atoms with Crippen molar-refractivity contribution in [1.82, 2.24) is 0 Å². The first-order chi connectivity index (χ1) is 8.59. The van der Waals surface area contributed by atoms with Gasteiger partial charge in [-0.15, -0.1) is 0 Å². The van der Waals surface area contributed by atoms with Crippen molar-refractivity contribution in [1.29, 1.82) is 0 Å². The summed E-state index contributed by atoms with van der Waals surface area (Å²) in [4.78, 5) is 59.5. The number of carbonyl (C=O) groups is 6. The van der Waals surface area contributed by atoms with Crippen LogP contribution in [0.3, 0.4) is 0 Å². The van der Waals surface area contributed by atoms with Crippen molar-refractivity contribution in [3.63, 3.8) is 0 Å². The van der Waals surface area contributed by atoms with Gasteiger partial charge in [-0.3, -0.25) is 19.2 Å². The average molecular weight is 294 g/mol. The number of ether oxygens (including phenoxy) is 1. The van der Waals surface area contributed by atoms with E-state index in [0.29, 0.717) is 0 Å². The van der Waals surface area contributed by atoms with Crippen LogP contribution in [0.4, 0.5) is 0 Å². The minimum Gasteiger partial charge on any atom is -0.480 e. The van der Waals surface area contributed by atoms with Gasteiger partial charge in [-0.2, -0.15) is 0 Å². The summed E-state index contributed by atoms with van der Waals surface area (Å²) in [5.41, 5.74) is 0. The maximum atomic E-state index is 10.1. The van der Waals surface area contributed by atoms with Crippen molar-refractivity contribution >= 4 is 35.8 Å². The molecule has 0 unspecified atom stereocenters. The van der Waals surface area contributed by atoms with E-state index in [-0.39, 0.29) is 7.43 Å². The normalized spacial score (nSPS) is 13.1. The topological polar surface area (TPSA) is 193 Å². The maximum absolute atomic E-state index is 10.1. The number of cyclic esters (lactones) is 2. The molecule has 0 aromatic heterocycles. The van der Waals surface area contributed by atoms with Crippen molar-refractivity contribution in [2.45, 2.75) is 7.43 Å². The van der Waals surface area contributed by atoms with Crippen LogP contribution in [0.15, 0.2) is 0 Å². The molecule has 1 rings (SSSR count). The van der Waals surface area contributed by atoms with Crippen LogP contribution in [0.5, 0.6) is 0 Å². The number of aliphatic carboxylic acids is 4. The summed E-state index contributed by atoms with van der Waals surface area (Å²) in [5, 5.41) is 31.9. The van der Waals surface area contributed by atoms with E-state index in [4.69, 9.17) is 20.4 Å². The molecule has 1 saturated heterocycles. The molecule has 0 spiro atoms. The molecule has 0 radical (unpaired) electrons. The fourth-order valence-corrected chi connectivity index (χ4v) is 0.774.